The Balaban J connectivity index is 1.95. The third-order valence-electron chi connectivity index (χ3n) is 4.34. The van der Waals surface area contributed by atoms with Crippen LogP contribution in [0, 0.1) is 6.92 Å². The summed E-state index contributed by atoms with van der Waals surface area (Å²) in [5, 5.41) is 5.22. The largest absolute Gasteiger partial charge is 0.364 e. The molecule has 0 spiro atoms. The van der Waals surface area contributed by atoms with Gasteiger partial charge >= 0.3 is 0 Å². The molecular formula is C17H20N2O2S. The lowest BCUT2D eigenvalue weighted by Gasteiger charge is -2.26. The van der Waals surface area contributed by atoms with Crippen LogP contribution in [0.2, 0.25) is 0 Å². The molecule has 22 heavy (non-hydrogen) atoms. The molecule has 116 valence electrons. The maximum Gasteiger partial charge on any atom is 0.238 e. The van der Waals surface area contributed by atoms with Gasteiger partial charge in [-0.1, -0.05) is 24.3 Å². The van der Waals surface area contributed by atoms with Crippen LogP contribution in [0.3, 0.4) is 0 Å². The van der Waals surface area contributed by atoms with Crippen molar-refractivity contribution in [3.05, 3.63) is 59.2 Å². The number of fused-ring (bicyclic) bond motifs is 1. The quantitative estimate of drug-likeness (QED) is 0.946. The van der Waals surface area contributed by atoms with E-state index in [0.29, 0.717) is 6.04 Å². The minimum atomic E-state index is -3.64. The Bertz CT molecular complexity index is 815. The highest BCUT2D eigenvalue weighted by molar-refractivity contribution is 7.89. The molecule has 0 bridgehead atoms. The third kappa shape index (κ3) is 2.74. The minimum absolute atomic E-state index is 0.191. The smallest absolute Gasteiger partial charge is 0.238 e. The van der Waals surface area contributed by atoms with Crippen LogP contribution in [-0.2, 0) is 23.0 Å². The molecule has 0 fully saturated rings. The van der Waals surface area contributed by atoms with E-state index in [-0.39, 0.29) is 4.90 Å². The molecule has 2 N–H and O–H groups in total. The van der Waals surface area contributed by atoms with Crippen molar-refractivity contribution in [1.82, 2.24) is 0 Å². The van der Waals surface area contributed by atoms with Crippen molar-refractivity contribution in [2.45, 2.75) is 37.8 Å². The van der Waals surface area contributed by atoms with Crippen LogP contribution in [-0.4, -0.2) is 14.5 Å². The molecule has 5 heteroatoms. The molecular weight excluding hydrogens is 296 g/mol. The number of rotatable bonds is 3. The molecule has 0 radical (unpaired) electrons. The molecule has 0 unspecified atom stereocenters. The van der Waals surface area contributed by atoms with Crippen LogP contribution in [0.4, 0.5) is 5.69 Å². The molecule has 1 atom stereocenters. The Hall–Kier alpha value is -1.85. The molecule has 3 rings (SSSR count). The average Bonchev–Trinajstić information content (AvgIpc) is 2.76. The Kier molecular flexibility index (Phi) is 3.70. The van der Waals surface area contributed by atoms with Crippen LogP contribution in [0.15, 0.2) is 47.4 Å². The first kappa shape index (κ1) is 15.1. The van der Waals surface area contributed by atoms with Gasteiger partial charge in [0.2, 0.25) is 10.0 Å². The molecule has 2 aromatic rings. The summed E-state index contributed by atoms with van der Waals surface area (Å²) in [5.41, 5.74) is 4.71. The zero-order chi connectivity index (χ0) is 15.9. The van der Waals surface area contributed by atoms with Crippen molar-refractivity contribution in [3.8, 4) is 0 Å². The van der Waals surface area contributed by atoms with Gasteiger partial charge in [-0.25, -0.2) is 13.6 Å². The fraction of sp³-hybridized carbons (Fsp3) is 0.294. The number of sulfonamides is 1. The van der Waals surface area contributed by atoms with Crippen molar-refractivity contribution in [2.24, 2.45) is 5.14 Å². The van der Waals surface area contributed by atoms with E-state index in [1.165, 1.54) is 11.1 Å². The fourth-order valence-electron chi connectivity index (χ4n) is 3.06. The summed E-state index contributed by atoms with van der Waals surface area (Å²) in [5.74, 6) is 0. The predicted octanol–water partition coefficient (Wildman–Crippen LogP) is 2.59. The lowest BCUT2D eigenvalue weighted by atomic mass is 10.1. The number of nitrogens with zero attached hydrogens (tertiary/aromatic N) is 1. The summed E-state index contributed by atoms with van der Waals surface area (Å²) < 4.78 is 23.0. The fourth-order valence-corrected chi connectivity index (χ4v) is 3.62. The van der Waals surface area contributed by atoms with Gasteiger partial charge < -0.3 is 4.90 Å². The number of nitrogens with two attached hydrogens (primary N) is 1. The average molecular weight is 316 g/mol. The predicted molar refractivity (Wildman–Crippen MR) is 88.3 cm³/mol. The van der Waals surface area contributed by atoms with Crippen molar-refractivity contribution < 1.29 is 8.42 Å². The maximum atomic E-state index is 11.5. The van der Waals surface area contributed by atoms with Gasteiger partial charge in [0.05, 0.1) is 4.90 Å². The van der Waals surface area contributed by atoms with Gasteiger partial charge in [-0.15, -0.1) is 0 Å². The van der Waals surface area contributed by atoms with Crippen molar-refractivity contribution in [3.63, 3.8) is 0 Å². The maximum absolute atomic E-state index is 11.5. The first-order valence-corrected chi connectivity index (χ1v) is 8.88. The van der Waals surface area contributed by atoms with Crippen LogP contribution >= 0.6 is 0 Å². The van der Waals surface area contributed by atoms with Gasteiger partial charge in [-0.05, 0) is 55.2 Å². The second-order valence-electron chi connectivity index (χ2n) is 5.94. The third-order valence-corrected chi connectivity index (χ3v) is 5.25. The Morgan fingerprint density at radius 3 is 2.64 bits per heavy atom. The van der Waals surface area contributed by atoms with Crippen molar-refractivity contribution >= 4 is 15.7 Å². The van der Waals surface area contributed by atoms with Crippen LogP contribution in [0.1, 0.15) is 23.6 Å². The zero-order valence-corrected chi connectivity index (χ0v) is 13.6. The molecule has 0 saturated heterocycles. The Morgan fingerprint density at radius 2 is 1.95 bits per heavy atom. The number of benzene rings is 2. The van der Waals surface area contributed by atoms with E-state index in [2.05, 4.69) is 30.9 Å². The lowest BCUT2D eigenvalue weighted by Crippen LogP contribution is -2.28. The highest BCUT2D eigenvalue weighted by Gasteiger charge is 2.27. The van der Waals surface area contributed by atoms with E-state index in [1.807, 2.05) is 18.2 Å². The normalized spacial score (nSPS) is 17.6. The number of anilines is 1. The van der Waals surface area contributed by atoms with Crippen LogP contribution < -0.4 is 10.0 Å². The molecule has 1 heterocycles. The monoisotopic (exact) mass is 316 g/mol. The lowest BCUT2D eigenvalue weighted by molar-refractivity contribution is 0.597. The standard InChI is InChI=1S/C17H20N2O2S/c1-12-5-3-4-6-14(12)11-19-13(2)9-15-10-16(22(18,20)21)7-8-17(15)19/h3-8,10,13H,9,11H2,1-2H3,(H2,18,20,21)/t13-/m0/s1. The molecule has 0 aromatic heterocycles. The van der Waals surface area contributed by atoms with E-state index < -0.39 is 10.0 Å². The summed E-state index contributed by atoms with van der Waals surface area (Å²) in [6, 6.07) is 13.9. The SMILES string of the molecule is Cc1ccccc1CN1c2ccc(S(N)(=O)=O)cc2C[C@@H]1C. The number of hydrogen-bond donors (Lipinski definition) is 1. The van der Waals surface area contributed by atoms with Gasteiger partial charge in [0, 0.05) is 18.3 Å². The summed E-state index contributed by atoms with van der Waals surface area (Å²) >= 11 is 0. The minimum Gasteiger partial charge on any atom is -0.364 e. The molecule has 0 aliphatic carbocycles. The number of primary sulfonamides is 1. The first-order chi connectivity index (χ1) is 10.4. The summed E-state index contributed by atoms with van der Waals surface area (Å²) in [4.78, 5) is 2.51. The van der Waals surface area contributed by atoms with E-state index in [1.54, 1.807) is 12.1 Å². The van der Waals surface area contributed by atoms with Crippen molar-refractivity contribution in [2.75, 3.05) is 4.90 Å². The Morgan fingerprint density at radius 1 is 1.23 bits per heavy atom. The summed E-state index contributed by atoms with van der Waals surface area (Å²) in [7, 11) is -3.64. The second-order valence-corrected chi connectivity index (χ2v) is 7.50. The van der Waals surface area contributed by atoms with Gasteiger partial charge in [0.15, 0.2) is 0 Å². The molecule has 2 aromatic carbocycles. The van der Waals surface area contributed by atoms with E-state index >= 15 is 0 Å². The highest BCUT2D eigenvalue weighted by Crippen LogP contribution is 2.35. The Labute approximate surface area is 131 Å². The summed E-state index contributed by atoms with van der Waals surface area (Å²) in [6.45, 7) is 5.10. The summed E-state index contributed by atoms with van der Waals surface area (Å²) in [6.07, 6.45) is 0.838. The van der Waals surface area contributed by atoms with Crippen LogP contribution in [0.5, 0.6) is 0 Å². The number of aryl methyl sites for hydroxylation is 1. The van der Waals surface area contributed by atoms with Gasteiger partial charge in [-0.3, -0.25) is 0 Å². The van der Waals surface area contributed by atoms with Crippen LogP contribution in [0.25, 0.3) is 0 Å². The molecule has 1 aliphatic heterocycles. The molecule has 0 amide bonds. The zero-order valence-electron chi connectivity index (χ0n) is 12.8. The van der Waals surface area contributed by atoms with Gasteiger partial charge in [-0.2, -0.15) is 0 Å². The van der Waals surface area contributed by atoms with E-state index in [4.69, 9.17) is 5.14 Å². The molecule has 4 nitrogen and oxygen atoms in total. The van der Waals surface area contributed by atoms with Gasteiger partial charge in [0.25, 0.3) is 0 Å². The molecule has 0 saturated carbocycles. The van der Waals surface area contributed by atoms with Gasteiger partial charge in [0.1, 0.15) is 0 Å². The number of hydrogen-bond acceptors (Lipinski definition) is 3. The van der Waals surface area contributed by atoms with E-state index in [9.17, 15) is 8.42 Å². The van der Waals surface area contributed by atoms with Crippen molar-refractivity contribution in [1.29, 1.82) is 0 Å². The highest BCUT2D eigenvalue weighted by atomic mass is 32.2. The van der Waals surface area contributed by atoms with E-state index in [0.717, 1.165) is 24.2 Å². The topological polar surface area (TPSA) is 63.4 Å². The first-order valence-electron chi connectivity index (χ1n) is 7.33. The molecule has 1 aliphatic rings. The second kappa shape index (κ2) is 5.41.